The molecule has 0 saturated carbocycles. The first-order valence-corrected chi connectivity index (χ1v) is 7.55. The Hall–Kier alpha value is -2.02. The number of nitrogens with zero attached hydrogens (tertiary/aromatic N) is 5. The van der Waals surface area contributed by atoms with Crippen molar-refractivity contribution in [2.45, 2.75) is 46.3 Å². The van der Waals surface area contributed by atoms with Crippen LogP contribution < -0.4 is 4.74 Å². The van der Waals surface area contributed by atoms with Crippen molar-refractivity contribution in [2.75, 3.05) is 13.6 Å². The molecule has 0 bridgehead atoms. The SMILES string of the molecule is CCc1nnc(CN(C)C[C@H]2Cc3c(C)nc(C)nc3O2)o1. The summed E-state index contributed by atoms with van der Waals surface area (Å²) in [6.07, 6.45) is 1.69. The van der Waals surface area contributed by atoms with Gasteiger partial charge in [-0.2, -0.15) is 4.98 Å². The van der Waals surface area contributed by atoms with E-state index in [0.717, 1.165) is 42.3 Å². The zero-order valence-corrected chi connectivity index (χ0v) is 13.5. The standard InChI is InChI=1S/C15H21N5O2/c1-5-13-18-19-14(22-13)8-20(4)7-11-6-12-9(2)16-10(3)17-15(12)21-11/h11H,5-8H2,1-4H3/t11-/m1/s1. The fourth-order valence-electron chi connectivity index (χ4n) is 2.70. The van der Waals surface area contributed by atoms with Gasteiger partial charge in [0.2, 0.25) is 17.7 Å². The maximum atomic E-state index is 5.94. The third-order valence-corrected chi connectivity index (χ3v) is 3.73. The fourth-order valence-corrected chi connectivity index (χ4v) is 2.70. The van der Waals surface area contributed by atoms with Gasteiger partial charge in [0, 0.05) is 30.6 Å². The van der Waals surface area contributed by atoms with Gasteiger partial charge >= 0.3 is 0 Å². The Morgan fingerprint density at radius 3 is 2.68 bits per heavy atom. The van der Waals surface area contributed by atoms with Gasteiger partial charge in [-0.25, -0.2) is 4.98 Å². The minimum atomic E-state index is 0.0865. The van der Waals surface area contributed by atoms with Gasteiger partial charge in [0.05, 0.1) is 6.54 Å². The van der Waals surface area contributed by atoms with Crippen LogP contribution in [0.4, 0.5) is 0 Å². The summed E-state index contributed by atoms with van der Waals surface area (Å²) in [5.41, 5.74) is 2.13. The lowest BCUT2D eigenvalue weighted by atomic mass is 10.1. The lowest BCUT2D eigenvalue weighted by Crippen LogP contribution is -2.31. The molecule has 0 radical (unpaired) electrons. The van der Waals surface area contributed by atoms with Crippen LogP contribution in [-0.2, 0) is 19.4 Å². The minimum Gasteiger partial charge on any atom is -0.472 e. The van der Waals surface area contributed by atoms with Crippen LogP contribution in [0.25, 0.3) is 0 Å². The number of hydrogen-bond acceptors (Lipinski definition) is 7. The molecule has 2 aromatic rings. The summed E-state index contributed by atoms with van der Waals surface area (Å²) in [5.74, 6) is 2.80. The highest BCUT2D eigenvalue weighted by Gasteiger charge is 2.28. The first-order valence-electron chi connectivity index (χ1n) is 7.55. The zero-order valence-electron chi connectivity index (χ0n) is 13.5. The van der Waals surface area contributed by atoms with Gasteiger partial charge < -0.3 is 9.15 Å². The molecule has 1 aliphatic rings. The number of rotatable bonds is 5. The van der Waals surface area contributed by atoms with Crippen LogP contribution in [-0.4, -0.2) is 44.8 Å². The van der Waals surface area contributed by atoms with Crippen LogP contribution in [0.2, 0.25) is 0 Å². The third kappa shape index (κ3) is 3.09. The number of ether oxygens (including phenoxy) is 1. The Morgan fingerprint density at radius 1 is 1.18 bits per heavy atom. The average molecular weight is 303 g/mol. The van der Waals surface area contributed by atoms with Gasteiger partial charge in [0.15, 0.2) is 0 Å². The van der Waals surface area contributed by atoms with Gasteiger partial charge in [0.1, 0.15) is 11.9 Å². The normalized spacial score (nSPS) is 16.9. The Balaban J connectivity index is 1.59. The second-order valence-electron chi connectivity index (χ2n) is 5.72. The van der Waals surface area contributed by atoms with E-state index in [4.69, 9.17) is 9.15 Å². The number of aromatic nitrogens is 4. The molecule has 1 aliphatic heterocycles. The van der Waals surface area contributed by atoms with Crippen molar-refractivity contribution in [1.29, 1.82) is 0 Å². The summed E-state index contributed by atoms with van der Waals surface area (Å²) in [7, 11) is 2.02. The van der Waals surface area contributed by atoms with E-state index in [1.54, 1.807) is 0 Å². The molecule has 0 saturated heterocycles. The molecule has 0 fully saturated rings. The summed E-state index contributed by atoms with van der Waals surface area (Å²) < 4.78 is 11.5. The van der Waals surface area contributed by atoms with Crippen LogP contribution in [0.5, 0.6) is 5.88 Å². The molecule has 0 unspecified atom stereocenters. The Morgan fingerprint density at radius 2 is 1.95 bits per heavy atom. The van der Waals surface area contributed by atoms with Gasteiger partial charge in [-0.15, -0.1) is 10.2 Å². The van der Waals surface area contributed by atoms with Gasteiger partial charge in [-0.05, 0) is 20.9 Å². The summed E-state index contributed by atoms with van der Waals surface area (Å²) in [5, 5.41) is 8.03. The summed E-state index contributed by atoms with van der Waals surface area (Å²) in [4.78, 5) is 10.9. The summed E-state index contributed by atoms with van der Waals surface area (Å²) >= 11 is 0. The molecule has 7 heteroatoms. The minimum absolute atomic E-state index is 0.0865. The molecular weight excluding hydrogens is 282 g/mol. The van der Waals surface area contributed by atoms with E-state index < -0.39 is 0 Å². The monoisotopic (exact) mass is 303 g/mol. The number of aryl methyl sites for hydroxylation is 3. The highest BCUT2D eigenvalue weighted by molar-refractivity contribution is 5.34. The Bertz CT molecular complexity index is 670. The van der Waals surface area contributed by atoms with Crippen molar-refractivity contribution < 1.29 is 9.15 Å². The molecule has 7 nitrogen and oxygen atoms in total. The largest absolute Gasteiger partial charge is 0.472 e. The first kappa shape index (κ1) is 14.9. The van der Waals surface area contributed by atoms with E-state index in [1.807, 2.05) is 27.8 Å². The summed E-state index contributed by atoms with van der Waals surface area (Å²) in [6.45, 7) is 7.28. The van der Waals surface area contributed by atoms with Crippen LogP contribution >= 0.6 is 0 Å². The molecule has 0 aromatic carbocycles. The second kappa shape index (κ2) is 6.00. The topological polar surface area (TPSA) is 77.2 Å². The number of likely N-dealkylation sites (N-methyl/N-ethyl adjacent to an activating group) is 1. The van der Waals surface area contributed by atoms with Crippen molar-refractivity contribution in [3.63, 3.8) is 0 Å². The fraction of sp³-hybridized carbons (Fsp3) is 0.600. The highest BCUT2D eigenvalue weighted by Crippen LogP contribution is 2.28. The van der Waals surface area contributed by atoms with E-state index in [0.29, 0.717) is 18.3 Å². The number of fused-ring (bicyclic) bond motifs is 1. The molecule has 3 heterocycles. The van der Waals surface area contributed by atoms with E-state index in [1.165, 1.54) is 0 Å². The van der Waals surface area contributed by atoms with Crippen molar-refractivity contribution in [2.24, 2.45) is 0 Å². The Labute approximate surface area is 129 Å². The zero-order chi connectivity index (χ0) is 15.7. The van der Waals surface area contributed by atoms with E-state index in [9.17, 15) is 0 Å². The maximum absolute atomic E-state index is 5.94. The van der Waals surface area contributed by atoms with Crippen LogP contribution in [0.1, 0.15) is 35.8 Å². The summed E-state index contributed by atoms with van der Waals surface area (Å²) in [6, 6.07) is 0. The average Bonchev–Trinajstić information content (AvgIpc) is 3.05. The van der Waals surface area contributed by atoms with Crippen LogP contribution in [0, 0.1) is 13.8 Å². The molecule has 118 valence electrons. The molecular formula is C15H21N5O2. The third-order valence-electron chi connectivity index (χ3n) is 3.73. The van der Waals surface area contributed by atoms with E-state index in [2.05, 4.69) is 25.1 Å². The van der Waals surface area contributed by atoms with Crippen molar-refractivity contribution in [1.82, 2.24) is 25.1 Å². The quantitative estimate of drug-likeness (QED) is 0.827. The molecule has 0 aliphatic carbocycles. The Kier molecular flexibility index (Phi) is 4.06. The van der Waals surface area contributed by atoms with E-state index in [-0.39, 0.29) is 6.10 Å². The molecule has 22 heavy (non-hydrogen) atoms. The smallest absolute Gasteiger partial charge is 0.230 e. The lowest BCUT2D eigenvalue weighted by molar-refractivity contribution is 0.154. The maximum Gasteiger partial charge on any atom is 0.230 e. The van der Waals surface area contributed by atoms with Crippen molar-refractivity contribution >= 4 is 0 Å². The van der Waals surface area contributed by atoms with Crippen molar-refractivity contribution in [3.05, 3.63) is 28.9 Å². The molecule has 0 spiro atoms. The van der Waals surface area contributed by atoms with E-state index >= 15 is 0 Å². The van der Waals surface area contributed by atoms with Gasteiger partial charge in [-0.3, -0.25) is 4.90 Å². The molecule has 3 rings (SSSR count). The predicted octanol–water partition coefficient (Wildman–Crippen LogP) is 1.47. The van der Waals surface area contributed by atoms with Crippen LogP contribution in [0.15, 0.2) is 4.42 Å². The molecule has 2 aromatic heterocycles. The highest BCUT2D eigenvalue weighted by atomic mass is 16.5. The molecule has 0 amide bonds. The lowest BCUT2D eigenvalue weighted by Gasteiger charge is -2.18. The molecule has 1 atom stereocenters. The second-order valence-corrected chi connectivity index (χ2v) is 5.72. The van der Waals surface area contributed by atoms with Gasteiger partial charge in [-0.1, -0.05) is 6.92 Å². The first-order chi connectivity index (χ1) is 10.5. The van der Waals surface area contributed by atoms with Crippen molar-refractivity contribution in [3.8, 4) is 5.88 Å². The van der Waals surface area contributed by atoms with Gasteiger partial charge in [0.25, 0.3) is 0 Å². The molecule has 0 N–H and O–H groups in total. The predicted molar refractivity (Wildman–Crippen MR) is 79.6 cm³/mol. The van der Waals surface area contributed by atoms with Crippen LogP contribution in [0.3, 0.4) is 0 Å². The number of hydrogen-bond donors (Lipinski definition) is 0.